The number of fused-ring (bicyclic) bond motifs is 2. The molecule has 0 aromatic heterocycles. The number of anilines is 1. The molecule has 1 saturated carbocycles. The molecular formula is C27H29Cl2F2N3O3. The molecule has 1 spiro atoms. The molecule has 2 aliphatic heterocycles. The van der Waals surface area contributed by atoms with E-state index in [9.17, 15) is 23.5 Å². The summed E-state index contributed by atoms with van der Waals surface area (Å²) in [7, 11) is 0. The molecule has 4 N–H and O–H groups in total. The molecule has 1 saturated heterocycles. The predicted octanol–water partition coefficient (Wildman–Crippen LogP) is 4.66. The van der Waals surface area contributed by atoms with Gasteiger partial charge in [0.1, 0.15) is 17.0 Å². The summed E-state index contributed by atoms with van der Waals surface area (Å²) in [6, 6.07) is 5.09. The molecule has 2 aromatic carbocycles. The van der Waals surface area contributed by atoms with Crippen molar-refractivity contribution >= 4 is 40.7 Å². The molecule has 37 heavy (non-hydrogen) atoms. The third kappa shape index (κ3) is 4.42. The number of hydrogen-bond acceptors (Lipinski definition) is 4. The number of benzene rings is 2. The van der Waals surface area contributed by atoms with Crippen molar-refractivity contribution in [2.24, 2.45) is 5.41 Å². The van der Waals surface area contributed by atoms with Gasteiger partial charge < -0.3 is 21.1 Å². The summed E-state index contributed by atoms with van der Waals surface area (Å²) in [5, 5.41) is 18.7. The number of carbonyl (C=O) groups excluding carboxylic acids is 2. The minimum atomic E-state index is -1.41. The number of rotatable bonds is 4. The van der Waals surface area contributed by atoms with E-state index in [-0.39, 0.29) is 27.4 Å². The minimum absolute atomic E-state index is 0.131. The van der Waals surface area contributed by atoms with Crippen LogP contribution in [-0.2, 0) is 15.0 Å². The van der Waals surface area contributed by atoms with Gasteiger partial charge in [-0.1, -0.05) is 50.0 Å². The van der Waals surface area contributed by atoms with E-state index >= 15 is 0 Å². The van der Waals surface area contributed by atoms with Gasteiger partial charge in [-0.2, -0.15) is 0 Å². The van der Waals surface area contributed by atoms with Crippen molar-refractivity contribution in [2.75, 3.05) is 5.32 Å². The van der Waals surface area contributed by atoms with Crippen LogP contribution in [0.2, 0.25) is 10.0 Å². The van der Waals surface area contributed by atoms with Gasteiger partial charge in [0, 0.05) is 23.7 Å². The highest BCUT2D eigenvalue weighted by Gasteiger charge is 2.66. The number of amides is 2. The lowest BCUT2D eigenvalue weighted by Gasteiger charge is -2.38. The quantitative estimate of drug-likeness (QED) is 0.444. The summed E-state index contributed by atoms with van der Waals surface area (Å²) in [5.41, 5.74) is -0.439. The van der Waals surface area contributed by atoms with Crippen LogP contribution in [0.3, 0.4) is 0 Å². The fraction of sp³-hybridized carbons (Fsp3) is 0.481. The molecular weight excluding hydrogens is 523 g/mol. The lowest BCUT2D eigenvalue weighted by Crippen LogP contribution is -2.53. The Balaban J connectivity index is 1.71. The second kappa shape index (κ2) is 9.19. The van der Waals surface area contributed by atoms with Crippen LogP contribution in [0.4, 0.5) is 14.5 Å². The number of hydrogen-bond donors (Lipinski definition) is 4. The SMILES string of the molecule is CC(C)(C)C[C@H]1N[C@@H](C(=O)NC2CC(O)C2)[C@H](c2ccc(F)c(Cl)c2)[C@@]12C(=O)Nc1cc(Cl)c(F)cc12. The molecule has 4 atom stereocenters. The Kier molecular flexibility index (Phi) is 6.54. The fourth-order valence-corrected chi connectivity index (χ4v) is 6.49. The van der Waals surface area contributed by atoms with Gasteiger partial charge in [-0.05, 0) is 60.1 Å². The Morgan fingerprint density at radius 1 is 1.14 bits per heavy atom. The highest BCUT2D eigenvalue weighted by atomic mass is 35.5. The van der Waals surface area contributed by atoms with Crippen molar-refractivity contribution in [3.8, 4) is 0 Å². The molecule has 3 aliphatic rings. The first-order valence-corrected chi connectivity index (χ1v) is 13.1. The smallest absolute Gasteiger partial charge is 0.238 e. The third-order valence-electron chi connectivity index (χ3n) is 7.75. The summed E-state index contributed by atoms with van der Waals surface area (Å²) in [4.78, 5) is 27.7. The molecule has 0 radical (unpaired) electrons. The molecule has 198 valence electrons. The van der Waals surface area contributed by atoms with Gasteiger partial charge in [-0.3, -0.25) is 9.59 Å². The van der Waals surface area contributed by atoms with Gasteiger partial charge in [-0.15, -0.1) is 0 Å². The fourth-order valence-electron chi connectivity index (χ4n) is 6.14. The third-order valence-corrected chi connectivity index (χ3v) is 8.32. The van der Waals surface area contributed by atoms with Gasteiger partial charge in [0.2, 0.25) is 11.8 Å². The second-order valence-electron chi connectivity index (χ2n) is 11.6. The van der Waals surface area contributed by atoms with Gasteiger partial charge >= 0.3 is 0 Å². The molecule has 5 rings (SSSR count). The van der Waals surface area contributed by atoms with Crippen molar-refractivity contribution in [3.05, 3.63) is 63.1 Å². The van der Waals surface area contributed by atoms with Crippen LogP contribution in [0, 0.1) is 17.0 Å². The Morgan fingerprint density at radius 3 is 2.43 bits per heavy atom. The second-order valence-corrected chi connectivity index (χ2v) is 12.4. The molecule has 1 aliphatic carbocycles. The van der Waals surface area contributed by atoms with Crippen LogP contribution >= 0.6 is 23.2 Å². The van der Waals surface area contributed by atoms with Crippen LogP contribution in [0.5, 0.6) is 0 Å². The first-order valence-electron chi connectivity index (χ1n) is 12.3. The van der Waals surface area contributed by atoms with E-state index in [1.165, 1.54) is 30.3 Å². The zero-order chi connectivity index (χ0) is 26.9. The Morgan fingerprint density at radius 2 is 1.81 bits per heavy atom. The van der Waals surface area contributed by atoms with Crippen molar-refractivity contribution in [2.45, 2.75) is 75.6 Å². The average Bonchev–Trinajstić information content (AvgIpc) is 3.24. The molecule has 0 bridgehead atoms. The summed E-state index contributed by atoms with van der Waals surface area (Å²) >= 11 is 12.2. The maximum atomic E-state index is 14.9. The van der Waals surface area contributed by atoms with Crippen molar-refractivity contribution in [1.82, 2.24) is 10.6 Å². The van der Waals surface area contributed by atoms with E-state index in [1.54, 1.807) is 0 Å². The highest BCUT2D eigenvalue weighted by Crippen LogP contribution is 2.57. The Bertz CT molecular complexity index is 1280. The maximum absolute atomic E-state index is 14.9. The summed E-state index contributed by atoms with van der Waals surface area (Å²) in [6.07, 6.45) is 0.889. The van der Waals surface area contributed by atoms with E-state index < -0.39 is 47.1 Å². The molecule has 10 heteroatoms. The average molecular weight is 552 g/mol. The minimum Gasteiger partial charge on any atom is -0.393 e. The number of aliphatic hydroxyl groups excluding tert-OH is 1. The topological polar surface area (TPSA) is 90.5 Å². The molecule has 6 nitrogen and oxygen atoms in total. The lowest BCUT2D eigenvalue weighted by molar-refractivity contribution is -0.125. The summed E-state index contributed by atoms with van der Waals surface area (Å²) < 4.78 is 29.1. The van der Waals surface area contributed by atoms with Crippen molar-refractivity contribution in [3.63, 3.8) is 0 Å². The van der Waals surface area contributed by atoms with Crippen LogP contribution in [-0.4, -0.2) is 41.2 Å². The number of nitrogens with one attached hydrogen (secondary N) is 3. The van der Waals surface area contributed by atoms with Crippen molar-refractivity contribution < 1.29 is 23.5 Å². The van der Waals surface area contributed by atoms with Gasteiger partial charge in [-0.25, -0.2) is 8.78 Å². The van der Waals surface area contributed by atoms with Gasteiger partial charge in [0.25, 0.3) is 0 Å². The number of halogens is 4. The predicted molar refractivity (Wildman–Crippen MR) is 138 cm³/mol. The van der Waals surface area contributed by atoms with Crippen LogP contribution in [0.1, 0.15) is 57.1 Å². The molecule has 2 fully saturated rings. The number of carbonyl (C=O) groups is 2. The molecule has 2 heterocycles. The van der Waals surface area contributed by atoms with E-state index in [0.29, 0.717) is 36.1 Å². The zero-order valence-corrected chi connectivity index (χ0v) is 22.2. The lowest BCUT2D eigenvalue weighted by atomic mass is 9.62. The molecule has 2 aromatic rings. The van der Waals surface area contributed by atoms with Crippen molar-refractivity contribution in [1.29, 1.82) is 0 Å². The van der Waals surface area contributed by atoms with E-state index in [0.717, 1.165) is 0 Å². The normalized spacial score (nSPS) is 30.7. The maximum Gasteiger partial charge on any atom is 0.238 e. The Hall–Kier alpha value is -2.26. The summed E-state index contributed by atoms with van der Waals surface area (Å²) in [5.74, 6) is -2.91. The largest absolute Gasteiger partial charge is 0.393 e. The van der Waals surface area contributed by atoms with E-state index in [4.69, 9.17) is 23.2 Å². The van der Waals surface area contributed by atoms with Crippen LogP contribution < -0.4 is 16.0 Å². The standard InChI is InChI=1S/C27H29Cl2F2N3O3/c1-26(2,3)11-21-27(15-9-19(31)17(29)10-20(15)33-25(27)37)22(12-4-5-18(30)16(28)6-12)23(34-21)24(36)32-13-7-14(35)8-13/h4-6,9-10,13-14,21-23,34-35H,7-8,11H2,1-3H3,(H,32,36)(H,33,37)/t13?,14?,21-,22+,23-,27+/m1/s1. The van der Waals surface area contributed by atoms with Gasteiger partial charge in [0.15, 0.2) is 0 Å². The van der Waals surface area contributed by atoms with Crippen LogP contribution in [0.25, 0.3) is 0 Å². The molecule has 2 amide bonds. The first-order chi connectivity index (χ1) is 17.3. The monoisotopic (exact) mass is 551 g/mol. The summed E-state index contributed by atoms with van der Waals surface area (Å²) in [6.45, 7) is 6.06. The van der Waals surface area contributed by atoms with Crippen LogP contribution in [0.15, 0.2) is 30.3 Å². The first kappa shape index (κ1) is 26.4. The zero-order valence-electron chi connectivity index (χ0n) is 20.7. The molecule has 0 unspecified atom stereocenters. The highest BCUT2D eigenvalue weighted by molar-refractivity contribution is 6.31. The Labute approximate surface area is 224 Å². The van der Waals surface area contributed by atoms with E-state index in [1.807, 2.05) is 20.8 Å². The van der Waals surface area contributed by atoms with Gasteiger partial charge in [0.05, 0.1) is 22.2 Å². The number of aliphatic hydroxyl groups is 1. The van der Waals surface area contributed by atoms with E-state index in [2.05, 4.69) is 16.0 Å².